The first-order valence-corrected chi connectivity index (χ1v) is 28.8. The summed E-state index contributed by atoms with van der Waals surface area (Å²) in [6, 6.07) is 34.6. The molecular formula is C68H82N6O8. The minimum Gasteiger partial charge on any atom is -0.507 e. The molecule has 6 aromatic carbocycles. The van der Waals surface area contributed by atoms with E-state index >= 15 is 0 Å². The standard InChI is InChI=1S/C36H45N3O4.C32H37N3O4/c1-6-7-8-9-10-11-18-42-22-28(40)23-43-29-14-17-32(33(41)21-29)36-38-34(30-15-12-24(2)19-26(30)4)37-35(39-36)31-16-13-25(3)20-27(31)5;1-6-7-14-38-18-24(36)19-39-25-10-13-28(29(37)17-25)32-34-30(26-11-8-20(2)15-22(26)4)33-31(35-32)27-12-9-21(3)16-23(27)5/h12-17,19-21,28,40-41H,6-11,18,22-23H2,1-5H3;8-13,15-17,24,36-37H,6-7,14,18-19H2,1-5H3. The highest BCUT2D eigenvalue weighted by Crippen LogP contribution is 2.36. The lowest BCUT2D eigenvalue weighted by molar-refractivity contribution is 0.0109. The molecule has 82 heavy (non-hydrogen) atoms. The second kappa shape index (κ2) is 30.4. The number of aromatic nitrogens is 6. The van der Waals surface area contributed by atoms with Crippen LogP contribution in [0.25, 0.3) is 68.3 Å². The molecule has 0 saturated heterocycles. The maximum atomic E-state index is 11.0. The summed E-state index contributed by atoms with van der Waals surface area (Å²) in [5.74, 6) is 3.73. The van der Waals surface area contributed by atoms with Crippen molar-refractivity contribution < 1.29 is 39.4 Å². The lowest BCUT2D eigenvalue weighted by Crippen LogP contribution is -2.23. The third-order valence-electron chi connectivity index (χ3n) is 14.0. The van der Waals surface area contributed by atoms with Crippen molar-refractivity contribution in [1.82, 2.24) is 29.9 Å². The molecule has 0 bridgehead atoms. The van der Waals surface area contributed by atoms with Crippen LogP contribution in [-0.2, 0) is 9.47 Å². The minimum absolute atomic E-state index is 0.0179. The van der Waals surface area contributed by atoms with Gasteiger partial charge >= 0.3 is 0 Å². The highest BCUT2D eigenvalue weighted by atomic mass is 16.5. The van der Waals surface area contributed by atoms with E-state index in [1.165, 1.54) is 37.8 Å². The van der Waals surface area contributed by atoms with Gasteiger partial charge in [0.1, 0.15) is 48.4 Å². The Kier molecular flexibility index (Phi) is 23.0. The molecule has 2 unspecified atom stereocenters. The van der Waals surface area contributed by atoms with Crippen LogP contribution >= 0.6 is 0 Å². The van der Waals surface area contributed by atoms with Crippen LogP contribution in [-0.4, -0.2) is 102 Å². The molecule has 8 rings (SSSR count). The molecular weight excluding hydrogens is 1030 g/mol. The number of nitrogens with zero attached hydrogens (tertiary/aromatic N) is 6. The fourth-order valence-electron chi connectivity index (χ4n) is 9.46. The van der Waals surface area contributed by atoms with Gasteiger partial charge in [-0.3, -0.25) is 0 Å². The number of phenolic OH excluding ortho intramolecular Hbond substituents is 2. The van der Waals surface area contributed by atoms with E-state index in [9.17, 15) is 20.4 Å². The van der Waals surface area contributed by atoms with Crippen molar-refractivity contribution in [3.8, 4) is 91.3 Å². The largest absolute Gasteiger partial charge is 0.507 e. The van der Waals surface area contributed by atoms with Gasteiger partial charge in [-0.05, 0) is 115 Å². The molecule has 14 heteroatoms. The Morgan fingerprint density at radius 1 is 0.341 bits per heavy atom. The van der Waals surface area contributed by atoms with E-state index in [2.05, 4.69) is 65.8 Å². The van der Waals surface area contributed by atoms with Gasteiger partial charge < -0.3 is 39.4 Å². The number of aliphatic hydroxyl groups is 2. The fourth-order valence-corrected chi connectivity index (χ4v) is 9.46. The van der Waals surface area contributed by atoms with Crippen molar-refractivity contribution in [2.24, 2.45) is 0 Å². The van der Waals surface area contributed by atoms with Crippen LogP contribution in [0.1, 0.15) is 110 Å². The number of hydrogen-bond donors (Lipinski definition) is 4. The average Bonchev–Trinajstić information content (AvgIpc) is 3.50. The number of phenols is 2. The van der Waals surface area contributed by atoms with Crippen molar-refractivity contribution in [2.75, 3.05) is 39.6 Å². The first kappa shape index (κ1) is 62.0. The number of ether oxygens (including phenoxy) is 4. The van der Waals surface area contributed by atoms with Gasteiger partial charge in [-0.25, -0.2) is 29.9 Å². The van der Waals surface area contributed by atoms with Gasteiger partial charge in [0, 0.05) is 47.6 Å². The smallest absolute Gasteiger partial charge is 0.167 e. The van der Waals surface area contributed by atoms with Crippen LogP contribution in [0, 0.1) is 55.4 Å². The predicted octanol–water partition coefficient (Wildman–Crippen LogP) is 14.3. The molecule has 4 N–H and O–H groups in total. The molecule has 2 aromatic heterocycles. The summed E-state index contributed by atoms with van der Waals surface area (Å²) in [5, 5.41) is 42.4. The Balaban J connectivity index is 0.000000237. The lowest BCUT2D eigenvalue weighted by Gasteiger charge is -2.14. The van der Waals surface area contributed by atoms with Gasteiger partial charge in [-0.2, -0.15) is 0 Å². The van der Waals surface area contributed by atoms with Crippen molar-refractivity contribution in [3.05, 3.63) is 154 Å². The summed E-state index contributed by atoms with van der Waals surface area (Å²) >= 11 is 0. The van der Waals surface area contributed by atoms with Crippen LogP contribution in [0.4, 0.5) is 0 Å². The van der Waals surface area contributed by atoms with E-state index < -0.39 is 12.2 Å². The molecule has 2 heterocycles. The zero-order valence-corrected chi connectivity index (χ0v) is 49.6. The van der Waals surface area contributed by atoms with Crippen molar-refractivity contribution in [2.45, 2.75) is 133 Å². The van der Waals surface area contributed by atoms with Gasteiger partial charge in [0.05, 0.1) is 24.3 Å². The zero-order chi connectivity index (χ0) is 58.7. The first-order valence-electron chi connectivity index (χ1n) is 28.8. The average molecular weight is 1110 g/mol. The number of unbranched alkanes of at least 4 members (excludes halogenated alkanes) is 6. The number of aryl methyl sites for hydroxylation is 8. The van der Waals surface area contributed by atoms with Crippen LogP contribution in [0.15, 0.2) is 109 Å². The second-order valence-corrected chi connectivity index (χ2v) is 21.4. The Morgan fingerprint density at radius 2 is 0.634 bits per heavy atom. The molecule has 0 spiro atoms. The maximum absolute atomic E-state index is 11.0. The van der Waals surface area contributed by atoms with Gasteiger partial charge in [0.2, 0.25) is 0 Å². The number of aliphatic hydroxyl groups excluding tert-OH is 2. The van der Waals surface area contributed by atoms with E-state index in [1.807, 2.05) is 76.2 Å². The van der Waals surface area contributed by atoms with E-state index in [0.29, 0.717) is 70.8 Å². The Hall–Kier alpha value is -7.62. The molecule has 2 atom stereocenters. The molecule has 0 saturated carbocycles. The summed E-state index contributed by atoms with van der Waals surface area (Å²) in [6.07, 6.45) is 7.65. The molecule has 0 aliphatic heterocycles. The Morgan fingerprint density at radius 3 is 0.951 bits per heavy atom. The molecule has 0 fully saturated rings. The predicted molar refractivity (Wildman–Crippen MR) is 326 cm³/mol. The SMILES string of the molecule is CCCCCCCCOCC(O)COc1ccc(-c2nc(-c3ccc(C)cc3C)nc(-c3ccc(C)cc3C)n2)c(O)c1.CCCCOCC(O)COc1ccc(-c2nc(-c3ccc(C)cc3C)nc(-c3ccc(C)cc3C)n2)c(O)c1. The molecule has 432 valence electrons. The normalized spacial score (nSPS) is 12.0. The summed E-state index contributed by atoms with van der Waals surface area (Å²) < 4.78 is 22.5. The zero-order valence-electron chi connectivity index (χ0n) is 49.6. The molecule has 14 nitrogen and oxygen atoms in total. The van der Waals surface area contributed by atoms with Gasteiger partial charge in [0.15, 0.2) is 34.9 Å². The first-order chi connectivity index (χ1) is 39.5. The number of benzene rings is 6. The summed E-state index contributed by atoms with van der Waals surface area (Å²) in [5.41, 5.74) is 13.4. The third-order valence-corrected chi connectivity index (χ3v) is 14.0. The summed E-state index contributed by atoms with van der Waals surface area (Å²) in [7, 11) is 0. The van der Waals surface area contributed by atoms with Crippen LogP contribution in [0.5, 0.6) is 23.0 Å². The number of aromatic hydroxyl groups is 2. The van der Waals surface area contributed by atoms with Crippen molar-refractivity contribution in [1.29, 1.82) is 0 Å². The van der Waals surface area contributed by atoms with Gasteiger partial charge in [-0.1, -0.05) is 147 Å². The fraction of sp³-hybridized carbons (Fsp3) is 0.382. The molecule has 0 radical (unpaired) electrons. The van der Waals surface area contributed by atoms with E-state index in [0.717, 1.165) is 92.4 Å². The molecule has 0 aliphatic rings. The minimum atomic E-state index is -0.758. The summed E-state index contributed by atoms with van der Waals surface area (Å²) in [6.45, 7) is 22.5. The topological polar surface area (TPSA) is 195 Å². The van der Waals surface area contributed by atoms with Gasteiger partial charge in [0.25, 0.3) is 0 Å². The quantitative estimate of drug-likeness (QED) is 0.0374. The van der Waals surface area contributed by atoms with E-state index in [1.54, 1.807) is 24.3 Å². The third kappa shape index (κ3) is 17.7. The highest BCUT2D eigenvalue weighted by molar-refractivity contribution is 5.74. The van der Waals surface area contributed by atoms with E-state index in [-0.39, 0.29) is 37.9 Å². The number of rotatable bonds is 26. The van der Waals surface area contributed by atoms with E-state index in [4.69, 9.17) is 48.9 Å². The monoisotopic (exact) mass is 1110 g/mol. The highest BCUT2D eigenvalue weighted by Gasteiger charge is 2.20. The molecule has 0 amide bonds. The lowest BCUT2D eigenvalue weighted by atomic mass is 10.0. The van der Waals surface area contributed by atoms with Crippen LogP contribution in [0.2, 0.25) is 0 Å². The van der Waals surface area contributed by atoms with Crippen molar-refractivity contribution in [3.63, 3.8) is 0 Å². The van der Waals surface area contributed by atoms with Crippen LogP contribution < -0.4 is 9.47 Å². The van der Waals surface area contributed by atoms with Crippen LogP contribution in [0.3, 0.4) is 0 Å². The van der Waals surface area contributed by atoms with Gasteiger partial charge in [-0.15, -0.1) is 0 Å². The molecule has 0 aliphatic carbocycles. The molecule has 8 aromatic rings. The Bertz CT molecular complexity index is 3250. The second-order valence-electron chi connectivity index (χ2n) is 21.4. The Labute approximate surface area is 484 Å². The maximum Gasteiger partial charge on any atom is 0.167 e. The summed E-state index contributed by atoms with van der Waals surface area (Å²) in [4.78, 5) is 28.8. The van der Waals surface area contributed by atoms with Crippen molar-refractivity contribution >= 4 is 0 Å². The number of hydrogen-bond acceptors (Lipinski definition) is 14.